The molecule has 0 spiro atoms. The maximum absolute atomic E-state index is 12.4. The number of amides is 1. The minimum absolute atomic E-state index is 0.173. The molecule has 1 saturated carbocycles. The van der Waals surface area contributed by atoms with Crippen molar-refractivity contribution in [3.05, 3.63) is 41.7 Å². The van der Waals surface area contributed by atoms with Gasteiger partial charge in [0.15, 0.2) is 17.8 Å². The molecule has 2 aliphatic rings. The van der Waals surface area contributed by atoms with Gasteiger partial charge in [0.1, 0.15) is 6.10 Å². The lowest BCUT2D eigenvalue weighted by Gasteiger charge is -2.09. The fraction of sp³-hybridized carbons (Fsp3) is 0.500. The van der Waals surface area contributed by atoms with Crippen molar-refractivity contribution < 1.29 is 18.7 Å². The molecular formula is C18H21N3O4. The molecule has 7 heteroatoms. The van der Waals surface area contributed by atoms with E-state index in [2.05, 4.69) is 15.3 Å². The van der Waals surface area contributed by atoms with Crippen molar-refractivity contribution in [2.45, 2.75) is 38.3 Å². The minimum Gasteiger partial charge on any atom is -0.477 e. The van der Waals surface area contributed by atoms with Crippen LogP contribution < -0.4 is 10.1 Å². The molecule has 7 nitrogen and oxygen atoms in total. The van der Waals surface area contributed by atoms with E-state index in [0.717, 1.165) is 25.0 Å². The Bertz CT molecular complexity index is 718. The number of pyridine rings is 1. The third-order valence-electron chi connectivity index (χ3n) is 4.45. The van der Waals surface area contributed by atoms with Crippen LogP contribution >= 0.6 is 0 Å². The summed E-state index contributed by atoms with van der Waals surface area (Å²) in [5.74, 6) is 1.56. The number of rotatable bonds is 7. The molecule has 0 bridgehead atoms. The second-order valence-electron chi connectivity index (χ2n) is 6.51. The van der Waals surface area contributed by atoms with Crippen LogP contribution in [0.1, 0.15) is 53.6 Å². The number of carbonyl (C=O) groups excluding carboxylic acids is 1. The molecule has 2 aromatic heterocycles. The van der Waals surface area contributed by atoms with Crippen LogP contribution in [0, 0.1) is 5.92 Å². The maximum atomic E-state index is 12.4. The SMILES string of the molecule is O=C(NCc1ccc(OCC2CC2)nc1)c1ncoc1C1CCCO1. The lowest BCUT2D eigenvalue weighted by molar-refractivity contribution is 0.0860. The van der Waals surface area contributed by atoms with Crippen molar-refractivity contribution in [1.29, 1.82) is 0 Å². The minimum atomic E-state index is -0.270. The first-order chi connectivity index (χ1) is 12.3. The number of ether oxygens (including phenoxy) is 2. The largest absolute Gasteiger partial charge is 0.477 e. The van der Waals surface area contributed by atoms with Crippen molar-refractivity contribution >= 4 is 5.91 Å². The van der Waals surface area contributed by atoms with Gasteiger partial charge in [-0.25, -0.2) is 9.97 Å². The molecule has 132 valence electrons. The summed E-state index contributed by atoms with van der Waals surface area (Å²) in [6, 6.07) is 3.73. The van der Waals surface area contributed by atoms with Crippen LogP contribution in [0.3, 0.4) is 0 Å². The predicted molar refractivity (Wildman–Crippen MR) is 88.1 cm³/mol. The summed E-state index contributed by atoms with van der Waals surface area (Å²) in [6.07, 6.45) is 7.15. The van der Waals surface area contributed by atoms with Gasteiger partial charge in [0, 0.05) is 25.4 Å². The molecule has 1 atom stereocenters. The van der Waals surface area contributed by atoms with Gasteiger partial charge in [0.2, 0.25) is 5.88 Å². The monoisotopic (exact) mass is 343 g/mol. The summed E-state index contributed by atoms with van der Waals surface area (Å²) in [6.45, 7) is 1.79. The molecule has 1 amide bonds. The molecular weight excluding hydrogens is 322 g/mol. The predicted octanol–water partition coefficient (Wildman–Crippen LogP) is 2.64. The van der Waals surface area contributed by atoms with E-state index in [9.17, 15) is 4.79 Å². The third-order valence-corrected chi connectivity index (χ3v) is 4.45. The topological polar surface area (TPSA) is 86.5 Å². The lowest BCUT2D eigenvalue weighted by Crippen LogP contribution is -2.24. The molecule has 1 unspecified atom stereocenters. The van der Waals surface area contributed by atoms with Gasteiger partial charge in [-0.1, -0.05) is 6.07 Å². The zero-order valence-electron chi connectivity index (χ0n) is 13.9. The quantitative estimate of drug-likeness (QED) is 0.832. The number of hydrogen-bond donors (Lipinski definition) is 1. The molecule has 1 N–H and O–H groups in total. The first kappa shape index (κ1) is 16.1. The van der Waals surface area contributed by atoms with Crippen LogP contribution in [0.4, 0.5) is 0 Å². The van der Waals surface area contributed by atoms with Crippen molar-refractivity contribution in [2.75, 3.05) is 13.2 Å². The van der Waals surface area contributed by atoms with E-state index in [1.165, 1.54) is 19.2 Å². The van der Waals surface area contributed by atoms with E-state index in [0.29, 0.717) is 36.4 Å². The second-order valence-corrected chi connectivity index (χ2v) is 6.51. The average molecular weight is 343 g/mol. The van der Waals surface area contributed by atoms with Gasteiger partial charge in [-0.3, -0.25) is 4.79 Å². The highest BCUT2D eigenvalue weighted by atomic mass is 16.5. The van der Waals surface area contributed by atoms with E-state index >= 15 is 0 Å². The Hall–Kier alpha value is -2.41. The first-order valence-corrected chi connectivity index (χ1v) is 8.70. The van der Waals surface area contributed by atoms with Gasteiger partial charge < -0.3 is 19.2 Å². The van der Waals surface area contributed by atoms with Crippen molar-refractivity contribution in [2.24, 2.45) is 5.92 Å². The fourth-order valence-electron chi connectivity index (χ4n) is 2.79. The number of aromatic nitrogens is 2. The Labute approximate surface area is 145 Å². The van der Waals surface area contributed by atoms with E-state index in [1.807, 2.05) is 12.1 Å². The molecule has 25 heavy (non-hydrogen) atoms. The summed E-state index contributed by atoms with van der Waals surface area (Å²) in [5.41, 5.74) is 1.19. The van der Waals surface area contributed by atoms with Crippen LogP contribution in [0.25, 0.3) is 0 Å². The number of hydrogen-bond acceptors (Lipinski definition) is 6. The van der Waals surface area contributed by atoms with Crippen LogP contribution in [0.5, 0.6) is 5.88 Å². The standard InChI is InChI=1S/C18H21N3O4/c22-18(16-17(25-11-21-16)14-2-1-7-23-14)20-9-13-5-6-15(19-8-13)24-10-12-3-4-12/h5-6,8,11-12,14H,1-4,7,9-10H2,(H,20,22). The Morgan fingerprint density at radius 3 is 2.92 bits per heavy atom. The van der Waals surface area contributed by atoms with Crippen molar-refractivity contribution in [3.63, 3.8) is 0 Å². The second kappa shape index (κ2) is 7.23. The van der Waals surface area contributed by atoms with Gasteiger partial charge in [-0.15, -0.1) is 0 Å². The Kier molecular flexibility index (Phi) is 4.65. The summed E-state index contributed by atoms with van der Waals surface area (Å²) < 4.78 is 16.5. The number of nitrogens with one attached hydrogen (secondary N) is 1. The van der Waals surface area contributed by atoms with Gasteiger partial charge in [-0.05, 0) is 37.2 Å². The average Bonchev–Trinajstić information content (AvgIpc) is 3.11. The highest BCUT2D eigenvalue weighted by Gasteiger charge is 2.27. The van der Waals surface area contributed by atoms with Gasteiger partial charge in [0.25, 0.3) is 5.91 Å². The van der Waals surface area contributed by atoms with E-state index in [-0.39, 0.29) is 12.0 Å². The van der Waals surface area contributed by atoms with Gasteiger partial charge in [0.05, 0.1) is 6.61 Å². The molecule has 2 fully saturated rings. The normalized spacial score (nSPS) is 19.8. The molecule has 3 heterocycles. The Morgan fingerprint density at radius 2 is 2.20 bits per heavy atom. The number of oxazole rings is 1. The molecule has 1 saturated heterocycles. The third kappa shape index (κ3) is 3.99. The molecule has 0 radical (unpaired) electrons. The fourth-order valence-corrected chi connectivity index (χ4v) is 2.79. The van der Waals surface area contributed by atoms with E-state index < -0.39 is 0 Å². The lowest BCUT2D eigenvalue weighted by atomic mass is 10.1. The van der Waals surface area contributed by atoms with Crippen LogP contribution in [0.2, 0.25) is 0 Å². The Morgan fingerprint density at radius 1 is 1.28 bits per heavy atom. The van der Waals surface area contributed by atoms with E-state index in [1.54, 1.807) is 6.20 Å². The smallest absolute Gasteiger partial charge is 0.273 e. The molecule has 0 aromatic carbocycles. The Balaban J connectivity index is 1.31. The summed E-state index contributed by atoms with van der Waals surface area (Å²) >= 11 is 0. The molecule has 1 aliphatic heterocycles. The zero-order chi connectivity index (χ0) is 17.1. The molecule has 1 aliphatic carbocycles. The highest BCUT2D eigenvalue weighted by Crippen LogP contribution is 2.30. The van der Waals surface area contributed by atoms with Crippen molar-refractivity contribution in [3.8, 4) is 5.88 Å². The number of nitrogens with zero attached hydrogens (tertiary/aromatic N) is 2. The summed E-state index contributed by atoms with van der Waals surface area (Å²) in [5, 5.41) is 2.85. The van der Waals surface area contributed by atoms with Gasteiger partial charge >= 0.3 is 0 Å². The first-order valence-electron chi connectivity index (χ1n) is 8.70. The summed E-state index contributed by atoms with van der Waals surface area (Å²) in [4.78, 5) is 20.7. The highest BCUT2D eigenvalue weighted by molar-refractivity contribution is 5.93. The van der Waals surface area contributed by atoms with Crippen LogP contribution in [0.15, 0.2) is 29.1 Å². The van der Waals surface area contributed by atoms with E-state index in [4.69, 9.17) is 13.9 Å². The number of carbonyl (C=O) groups is 1. The zero-order valence-corrected chi connectivity index (χ0v) is 13.9. The van der Waals surface area contributed by atoms with Crippen molar-refractivity contribution in [1.82, 2.24) is 15.3 Å². The van der Waals surface area contributed by atoms with Crippen LogP contribution in [-0.2, 0) is 11.3 Å². The van der Waals surface area contributed by atoms with Crippen LogP contribution in [-0.4, -0.2) is 29.1 Å². The maximum Gasteiger partial charge on any atom is 0.273 e. The summed E-state index contributed by atoms with van der Waals surface area (Å²) in [7, 11) is 0. The molecule has 2 aromatic rings. The van der Waals surface area contributed by atoms with Gasteiger partial charge in [-0.2, -0.15) is 0 Å². The molecule has 4 rings (SSSR count).